The molecule has 0 saturated carbocycles. The zero-order chi connectivity index (χ0) is 19.3. The number of benzene rings is 2. The van der Waals surface area contributed by atoms with Crippen molar-refractivity contribution >= 4 is 21.8 Å². The molecule has 0 N–H and O–H groups in total. The molecule has 0 bridgehead atoms. The fourth-order valence-corrected chi connectivity index (χ4v) is 4.41. The average molecular weight is 372 g/mol. The topological polar surface area (TPSA) is 46.6 Å². The summed E-state index contributed by atoms with van der Waals surface area (Å²) in [5.74, 6) is 0.648. The van der Waals surface area contributed by atoms with Crippen LogP contribution in [0, 0.1) is 6.92 Å². The van der Waals surface area contributed by atoms with Gasteiger partial charge in [-0.15, -0.1) is 0 Å². The van der Waals surface area contributed by atoms with Crippen molar-refractivity contribution in [2.45, 2.75) is 31.7 Å². The van der Waals surface area contributed by atoms with E-state index in [9.17, 15) is 8.42 Å². The highest BCUT2D eigenvalue weighted by Crippen LogP contribution is 2.33. The van der Waals surface area contributed by atoms with Crippen LogP contribution >= 0.6 is 0 Å². The molecule has 0 fully saturated rings. The summed E-state index contributed by atoms with van der Waals surface area (Å²) in [6.07, 6.45) is 5.33. The minimum atomic E-state index is -3.75. The molecular weight excluding hydrogens is 346 g/mol. The molecule has 0 aromatic heterocycles. The largest absolute Gasteiger partial charge is 0.497 e. The smallest absolute Gasteiger partial charge is 0.264 e. The molecule has 4 nitrogen and oxygen atoms in total. The summed E-state index contributed by atoms with van der Waals surface area (Å²) in [6, 6.07) is 11.8. The van der Waals surface area contributed by atoms with Gasteiger partial charge in [-0.25, -0.2) is 8.42 Å². The molecule has 138 valence electrons. The normalized spacial score (nSPS) is 12.8. The van der Waals surface area contributed by atoms with Crippen LogP contribution in [0.5, 0.6) is 5.75 Å². The van der Waals surface area contributed by atoms with E-state index in [1.165, 1.54) is 4.31 Å². The Kier molecular flexibility index (Phi) is 6.27. The third-order valence-corrected chi connectivity index (χ3v) is 6.03. The number of sulfonamides is 1. The third kappa shape index (κ3) is 3.99. The molecule has 0 radical (unpaired) electrons. The first-order valence-electron chi connectivity index (χ1n) is 8.39. The average Bonchev–Trinajstić information content (AvgIpc) is 2.62. The van der Waals surface area contributed by atoms with Crippen LogP contribution in [0.15, 0.2) is 66.1 Å². The Balaban J connectivity index is 2.68. The third-order valence-electron chi connectivity index (χ3n) is 4.11. The Bertz CT molecular complexity index is 899. The number of nitrogens with zero attached hydrogens (tertiary/aromatic N) is 1. The highest BCUT2D eigenvalue weighted by molar-refractivity contribution is 7.92. The molecular formula is C21H25NO3S. The number of ether oxygens (including phenoxy) is 1. The molecule has 0 aliphatic rings. The van der Waals surface area contributed by atoms with Gasteiger partial charge in [0.2, 0.25) is 0 Å². The molecule has 2 aromatic carbocycles. The number of rotatable bonds is 7. The quantitative estimate of drug-likeness (QED) is 0.656. The van der Waals surface area contributed by atoms with Gasteiger partial charge in [-0.1, -0.05) is 42.5 Å². The van der Waals surface area contributed by atoms with Crippen LogP contribution in [0.2, 0.25) is 0 Å². The van der Waals surface area contributed by atoms with Gasteiger partial charge < -0.3 is 4.74 Å². The zero-order valence-corrected chi connectivity index (χ0v) is 16.5. The minimum absolute atomic E-state index is 0.255. The molecule has 1 unspecified atom stereocenters. The van der Waals surface area contributed by atoms with Gasteiger partial charge in [-0.05, 0) is 51.1 Å². The van der Waals surface area contributed by atoms with Crippen molar-refractivity contribution in [2.24, 2.45) is 0 Å². The second-order valence-electron chi connectivity index (χ2n) is 6.01. The van der Waals surface area contributed by atoms with Crippen LogP contribution in [0.25, 0.3) is 6.08 Å². The Morgan fingerprint density at radius 1 is 1.15 bits per heavy atom. The van der Waals surface area contributed by atoms with Crippen LogP contribution in [0.1, 0.15) is 25.0 Å². The predicted molar refractivity (Wildman–Crippen MR) is 108 cm³/mol. The summed E-state index contributed by atoms with van der Waals surface area (Å²) >= 11 is 0. The second-order valence-corrected chi connectivity index (χ2v) is 7.82. The molecule has 2 rings (SSSR count). The molecule has 1 atom stereocenters. The van der Waals surface area contributed by atoms with E-state index in [2.05, 4.69) is 6.58 Å². The number of hydrogen-bond donors (Lipinski definition) is 0. The van der Waals surface area contributed by atoms with Gasteiger partial charge in [-0.3, -0.25) is 4.31 Å². The van der Waals surface area contributed by atoms with Gasteiger partial charge in [0.25, 0.3) is 10.0 Å². The number of methoxy groups -OCH3 is 1. The van der Waals surface area contributed by atoms with Crippen molar-refractivity contribution in [2.75, 3.05) is 11.4 Å². The van der Waals surface area contributed by atoms with Gasteiger partial charge in [0.15, 0.2) is 0 Å². The monoisotopic (exact) mass is 371 g/mol. The van der Waals surface area contributed by atoms with Gasteiger partial charge >= 0.3 is 0 Å². The lowest BCUT2D eigenvalue weighted by molar-refractivity contribution is 0.414. The van der Waals surface area contributed by atoms with E-state index in [0.717, 1.165) is 5.56 Å². The maximum Gasteiger partial charge on any atom is 0.264 e. The van der Waals surface area contributed by atoms with Crippen LogP contribution in [-0.4, -0.2) is 21.6 Å². The fraction of sp³-hybridized carbons (Fsp3) is 0.238. The van der Waals surface area contributed by atoms with Crippen LogP contribution in [-0.2, 0) is 10.0 Å². The summed E-state index contributed by atoms with van der Waals surface area (Å²) in [7, 11) is -2.18. The maximum atomic E-state index is 13.4. The van der Waals surface area contributed by atoms with Gasteiger partial charge in [0.05, 0.1) is 23.7 Å². The molecule has 0 heterocycles. The molecule has 0 amide bonds. The van der Waals surface area contributed by atoms with E-state index >= 15 is 0 Å². The van der Waals surface area contributed by atoms with Crippen molar-refractivity contribution < 1.29 is 13.2 Å². The van der Waals surface area contributed by atoms with E-state index in [1.54, 1.807) is 55.7 Å². The SMILES string of the molecule is C=Cc1cc(OC)ccc1N(C(C)/C=C\C)S(=O)(=O)c1ccc(C)cc1. The summed E-state index contributed by atoms with van der Waals surface area (Å²) < 4.78 is 33.5. The summed E-state index contributed by atoms with van der Waals surface area (Å²) in [6.45, 7) is 9.47. The molecule has 0 saturated heterocycles. The highest BCUT2D eigenvalue weighted by Gasteiger charge is 2.29. The lowest BCUT2D eigenvalue weighted by atomic mass is 10.1. The molecule has 2 aromatic rings. The fourth-order valence-electron chi connectivity index (χ4n) is 2.77. The summed E-state index contributed by atoms with van der Waals surface area (Å²) in [4.78, 5) is 0.255. The van der Waals surface area contributed by atoms with Gasteiger partial charge in [-0.2, -0.15) is 0 Å². The lowest BCUT2D eigenvalue weighted by Gasteiger charge is -2.30. The molecule has 0 aliphatic carbocycles. The minimum Gasteiger partial charge on any atom is -0.497 e. The van der Waals surface area contributed by atoms with Crippen molar-refractivity contribution in [1.82, 2.24) is 0 Å². The standard InChI is InChI=1S/C21H25NO3S/c1-6-8-17(4)22(21-14-11-19(25-5)15-18(21)7-2)26(23,24)20-12-9-16(3)10-13-20/h6-15,17H,2H2,1,3-5H3/b8-6-. The van der Waals surface area contributed by atoms with Gasteiger partial charge in [0, 0.05) is 5.56 Å². The Hall–Kier alpha value is -2.53. The van der Waals surface area contributed by atoms with E-state index in [0.29, 0.717) is 17.0 Å². The number of aryl methyl sites for hydroxylation is 1. The van der Waals surface area contributed by atoms with E-state index < -0.39 is 10.0 Å². The number of hydrogen-bond acceptors (Lipinski definition) is 3. The van der Waals surface area contributed by atoms with Gasteiger partial charge in [0.1, 0.15) is 5.75 Å². The first-order valence-corrected chi connectivity index (χ1v) is 9.83. The summed E-state index contributed by atoms with van der Waals surface area (Å²) in [5, 5.41) is 0. The zero-order valence-electron chi connectivity index (χ0n) is 15.6. The first-order chi connectivity index (χ1) is 12.3. The molecule has 0 aliphatic heterocycles. The van der Waals surface area contributed by atoms with E-state index in [1.807, 2.05) is 32.9 Å². The Morgan fingerprint density at radius 3 is 2.35 bits per heavy atom. The molecule has 5 heteroatoms. The van der Waals surface area contributed by atoms with Crippen LogP contribution in [0.4, 0.5) is 5.69 Å². The lowest BCUT2D eigenvalue weighted by Crippen LogP contribution is -2.38. The van der Waals surface area contributed by atoms with Crippen LogP contribution in [0.3, 0.4) is 0 Å². The van der Waals surface area contributed by atoms with Crippen molar-refractivity contribution in [3.63, 3.8) is 0 Å². The number of anilines is 1. The molecule has 26 heavy (non-hydrogen) atoms. The number of allylic oxidation sites excluding steroid dienone is 1. The highest BCUT2D eigenvalue weighted by atomic mass is 32.2. The van der Waals surface area contributed by atoms with E-state index in [-0.39, 0.29) is 10.9 Å². The summed E-state index contributed by atoms with van der Waals surface area (Å²) in [5.41, 5.74) is 2.26. The Morgan fingerprint density at radius 2 is 1.81 bits per heavy atom. The second kappa shape index (κ2) is 8.23. The van der Waals surface area contributed by atoms with E-state index in [4.69, 9.17) is 4.74 Å². The van der Waals surface area contributed by atoms with Crippen molar-refractivity contribution in [1.29, 1.82) is 0 Å². The predicted octanol–water partition coefficient (Wildman–Crippen LogP) is 4.81. The Labute approximate surface area is 156 Å². The first kappa shape index (κ1) is 19.8. The molecule has 0 spiro atoms. The van der Waals surface area contributed by atoms with Crippen LogP contribution < -0.4 is 9.04 Å². The van der Waals surface area contributed by atoms with Crippen molar-refractivity contribution in [3.8, 4) is 5.75 Å². The maximum absolute atomic E-state index is 13.4. The van der Waals surface area contributed by atoms with Crippen molar-refractivity contribution in [3.05, 3.63) is 72.3 Å².